The van der Waals surface area contributed by atoms with E-state index in [0.717, 1.165) is 17.5 Å². The van der Waals surface area contributed by atoms with E-state index >= 15 is 0 Å². The Hall–Kier alpha value is -0.600. The maximum atomic E-state index is 5.49. The van der Waals surface area contributed by atoms with Crippen molar-refractivity contribution in [2.75, 3.05) is 6.61 Å². The fourth-order valence-corrected chi connectivity index (χ4v) is 1.89. The molecular weight excluding hydrogens is 228 g/mol. The quantitative estimate of drug-likeness (QED) is 0.582. The molecule has 0 amide bonds. The molecule has 1 unspecified atom stereocenters. The molecular formula is C11H11BrO. The van der Waals surface area contributed by atoms with Gasteiger partial charge in [-0.15, -0.1) is 6.58 Å². The van der Waals surface area contributed by atoms with E-state index in [1.54, 1.807) is 0 Å². The number of halogens is 1. The van der Waals surface area contributed by atoms with E-state index in [2.05, 4.69) is 34.6 Å². The molecule has 2 rings (SSSR count). The molecule has 1 aromatic rings. The lowest BCUT2D eigenvalue weighted by Gasteiger charge is -2.09. The lowest BCUT2D eigenvalue weighted by atomic mass is 9.97. The van der Waals surface area contributed by atoms with Crippen LogP contribution >= 0.6 is 15.9 Å². The highest BCUT2D eigenvalue weighted by Crippen LogP contribution is 2.42. The van der Waals surface area contributed by atoms with Crippen LogP contribution in [0.25, 0.3) is 0 Å². The fourth-order valence-electron chi connectivity index (χ4n) is 1.49. The van der Waals surface area contributed by atoms with Gasteiger partial charge in [0.25, 0.3) is 0 Å². The van der Waals surface area contributed by atoms with Crippen LogP contribution in [0.2, 0.25) is 0 Å². The lowest BCUT2D eigenvalue weighted by molar-refractivity contribution is 0.310. The first-order valence-electron chi connectivity index (χ1n) is 4.28. The standard InChI is InChI=1S/C11H11BrO/c1-2-6-11(8-13-11)9-4-3-5-10(12)7-9/h2-5,7H,1,6,8H2. The predicted octanol–water partition coefficient (Wildman–Crippen LogP) is 3.25. The molecule has 1 fully saturated rings. The summed E-state index contributed by atoms with van der Waals surface area (Å²) >= 11 is 3.45. The Bertz CT molecular complexity index is 329. The first-order chi connectivity index (χ1) is 6.27. The zero-order chi connectivity index (χ0) is 9.31. The molecule has 1 heterocycles. The predicted molar refractivity (Wildman–Crippen MR) is 56.6 cm³/mol. The minimum atomic E-state index is -0.0640. The third kappa shape index (κ3) is 1.69. The van der Waals surface area contributed by atoms with E-state index in [4.69, 9.17) is 4.74 Å². The van der Waals surface area contributed by atoms with Crippen molar-refractivity contribution >= 4 is 15.9 Å². The van der Waals surface area contributed by atoms with Crippen molar-refractivity contribution in [3.05, 3.63) is 47.0 Å². The first kappa shape index (κ1) is 8.97. The second-order valence-corrected chi connectivity index (χ2v) is 4.20. The van der Waals surface area contributed by atoms with Crippen LogP contribution in [-0.2, 0) is 10.3 Å². The molecule has 1 atom stereocenters. The molecule has 1 aromatic carbocycles. The Balaban J connectivity index is 2.29. The minimum absolute atomic E-state index is 0.0640. The number of benzene rings is 1. The molecule has 1 saturated heterocycles. The van der Waals surface area contributed by atoms with Crippen LogP contribution in [0.5, 0.6) is 0 Å². The van der Waals surface area contributed by atoms with E-state index in [0.29, 0.717) is 0 Å². The fraction of sp³-hybridized carbons (Fsp3) is 0.273. The Labute approximate surface area is 86.5 Å². The van der Waals surface area contributed by atoms with E-state index in [1.165, 1.54) is 5.56 Å². The maximum absolute atomic E-state index is 5.49. The van der Waals surface area contributed by atoms with Crippen LogP contribution in [0.15, 0.2) is 41.4 Å². The molecule has 1 aliphatic rings. The van der Waals surface area contributed by atoms with Gasteiger partial charge in [-0.25, -0.2) is 0 Å². The molecule has 1 nitrogen and oxygen atoms in total. The van der Waals surface area contributed by atoms with E-state index < -0.39 is 0 Å². The van der Waals surface area contributed by atoms with Gasteiger partial charge in [0.05, 0.1) is 6.61 Å². The number of hydrogen-bond acceptors (Lipinski definition) is 1. The van der Waals surface area contributed by atoms with Crippen LogP contribution in [0.3, 0.4) is 0 Å². The Morgan fingerprint density at radius 1 is 1.62 bits per heavy atom. The zero-order valence-corrected chi connectivity index (χ0v) is 8.88. The van der Waals surface area contributed by atoms with Crippen molar-refractivity contribution in [2.45, 2.75) is 12.0 Å². The van der Waals surface area contributed by atoms with Gasteiger partial charge in [0.1, 0.15) is 5.60 Å². The van der Waals surface area contributed by atoms with E-state index in [9.17, 15) is 0 Å². The summed E-state index contributed by atoms with van der Waals surface area (Å²) in [5.74, 6) is 0. The van der Waals surface area contributed by atoms with Crippen molar-refractivity contribution < 1.29 is 4.74 Å². The minimum Gasteiger partial charge on any atom is -0.364 e. The normalized spacial score (nSPS) is 25.6. The van der Waals surface area contributed by atoms with E-state index in [1.807, 2.05) is 18.2 Å². The molecule has 0 N–H and O–H groups in total. The van der Waals surface area contributed by atoms with Crippen molar-refractivity contribution in [2.24, 2.45) is 0 Å². The summed E-state index contributed by atoms with van der Waals surface area (Å²) in [6.45, 7) is 4.56. The summed E-state index contributed by atoms with van der Waals surface area (Å²) in [6.07, 6.45) is 2.80. The summed E-state index contributed by atoms with van der Waals surface area (Å²) in [6, 6.07) is 8.26. The van der Waals surface area contributed by atoms with Gasteiger partial charge in [0.2, 0.25) is 0 Å². The van der Waals surface area contributed by atoms with Crippen molar-refractivity contribution in [3.8, 4) is 0 Å². The molecule has 13 heavy (non-hydrogen) atoms. The highest BCUT2D eigenvalue weighted by Gasteiger charge is 2.45. The SMILES string of the molecule is C=CCC1(c2cccc(Br)c2)CO1. The Morgan fingerprint density at radius 3 is 2.92 bits per heavy atom. The molecule has 0 saturated carbocycles. The lowest BCUT2D eigenvalue weighted by Crippen LogP contribution is -2.06. The van der Waals surface area contributed by atoms with Gasteiger partial charge in [-0.3, -0.25) is 0 Å². The van der Waals surface area contributed by atoms with Gasteiger partial charge in [-0.2, -0.15) is 0 Å². The van der Waals surface area contributed by atoms with Crippen LogP contribution < -0.4 is 0 Å². The highest BCUT2D eigenvalue weighted by atomic mass is 79.9. The van der Waals surface area contributed by atoms with Crippen LogP contribution in [-0.4, -0.2) is 6.61 Å². The van der Waals surface area contributed by atoms with Crippen LogP contribution in [0.1, 0.15) is 12.0 Å². The largest absolute Gasteiger partial charge is 0.364 e. The number of rotatable bonds is 3. The Morgan fingerprint density at radius 2 is 2.38 bits per heavy atom. The second kappa shape index (κ2) is 3.28. The average Bonchev–Trinajstić information content (AvgIpc) is 2.86. The number of epoxide rings is 1. The zero-order valence-electron chi connectivity index (χ0n) is 7.29. The second-order valence-electron chi connectivity index (χ2n) is 3.29. The third-order valence-corrected chi connectivity index (χ3v) is 2.81. The van der Waals surface area contributed by atoms with Crippen LogP contribution in [0.4, 0.5) is 0 Å². The first-order valence-corrected chi connectivity index (χ1v) is 5.07. The third-order valence-electron chi connectivity index (χ3n) is 2.32. The number of hydrogen-bond donors (Lipinski definition) is 0. The average molecular weight is 239 g/mol. The summed E-state index contributed by atoms with van der Waals surface area (Å²) in [5.41, 5.74) is 1.17. The van der Waals surface area contributed by atoms with Crippen molar-refractivity contribution in [1.29, 1.82) is 0 Å². The van der Waals surface area contributed by atoms with Gasteiger partial charge in [0.15, 0.2) is 0 Å². The summed E-state index contributed by atoms with van der Waals surface area (Å²) in [7, 11) is 0. The molecule has 68 valence electrons. The smallest absolute Gasteiger partial charge is 0.120 e. The number of ether oxygens (including phenoxy) is 1. The van der Waals surface area contributed by atoms with Gasteiger partial charge in [-0.1, -0.05) is 34.1 Å². The molecule has 2 heteroatoms. The van der Waals surface area contributed by atoms with Gasteiger partial charge >= 0.3 is 0 Å². The summed E-state index contributed by atoms with van der Waals surface area (Å²) < 4.78 is 6.59. The van der Waals surface area contributed by atoms with Crippen molar-refractivity contribution in [3.63, 3.8) is 0 Å². The molecule has 0 aromatic heterocycles. The molecule has 0 bridgehead atoms. The Kier molecular flexibility index (Phi) is 2.26. The van der Waals surface area contributed by atoms with Gasteiger partial charge in [0, 0.05) is 10.9 Å². The topological polar surface area (TPSA) is 12.5 Å². The summed E-state index contributed by atoms with van der Waals surface area (Å²) in [5, 5.41) is 0. The highest BCUT2D eigenvalue weighted by molar-refractivity contribution is 9.10. The van der Waals surface area contributed by atoms with Crippen LogP contribution in [0, 0.1) is 0 Å². The molecule has 1 aliphatic heterocycles. The van der Waals surface area contributed by atoms with E-state index in [-0.39, 0.29) is 5.60 Å². The van der Waals surface area contributed by atoms with Crippen molar-refractivity contribution in [1.82, 2.24) is 0 Å². The molecule has 0 aliphatic carbocycles. The monoisotopic (exact) mass is 238 g/mol. The summed E-state index contributed by atoms with van der Waals surface area (Å²) in [4.78, 5) is 0. The van der Waals surface area contributed by atoms with Gasteiger partial charge in [-0.05, 0) is 17.7 Å². The van der Waals surface area contributed by atoms with Gasteiger partial charge < -0.3 is 4.74 Å². The molecule has 0 spiro atoms. The maximum Gasteiger partial charge on any atom is 0.120 e. The molecule has 0 radical (unpaired) electrons.